The van der Waals surface area contributed by atoms with Crippen LogP contribution in [0.4, 0.5) is 0 Å². The Labute approximate surface area is 167 Å². The van der Waals surface area contributed by atoms with E-state index in [-0.39, 0.29) is 30.7 Å². The van der Waals surface area contributed by atoms with Crippen LogP contribution in [0.1, 0.15) is 36.1 Å². The first-order valence-electron chi connectivity index (χ1n) is 8.52. The van der Waals surface area contributed by atoms with Gasteiger partial charge >= 0.3 is 0 Å². The Morgan fingerprint density at radius 1 is 1.27 bits per heavy atom. The number of benzene rings is 1. The minimum absolute atomic E-state index is 0. The molecule has 1 aliphatic heterocycles. The largest absolute Gasteiger partial charge is 0.341 e. The fraction of sp³-hybridized carbons (Fsp3) is 0.500. The first-order chi connectivity index (χ1) is 11.5. The maximum atomic E-state index is 12.7. The number of rotatable bonds is 4. The van der Waals surface area contributed by atoms with Crippen LogP contribution in [0.25, 0.3) is 0 Å². The van der Waals surface area contributed by atoms with Crippen LogP contribution in [0.3, 0.4) is 0 Å². The molecule has 6 nitrogen and oxygen atoms in total. The Morgan fingerprint density at radius 3 is 2.58 bits per heavy atom. The second-order valence-corrected chi connectivity index (χ2v) is 6.57. The summed E-state index contributed by atoms with van der Waals surface area (Å²) in [5.41, 5.74) is 7.04. The lowest BCUT2D eigenvalue weighted by Crippen LogP contribution is -2.45. The van der Waals surface area contributed by atoms with Crippen molar-refractivity contribution < 1.29 is 4.79 Å². The summed E-state index contributed by atoms with van der Waals surface area (Å²) in [4.78, 5) is 19.0. The molecule has 2 unspecified atom stereocenters. The van der Waals surface area contributed by atoms with Gasteiger partial charge in [0.1, 0.15) is 17.7 Å². The summed E-state index contributed by atoms with van der Waals surface area (Å²) < 4.78 is 1.95. The second-order valence-electron chi connectivity index (χ2n) is 6.57. The highest BCUT2D eigenvalue weighted by Crippen LogP contribution is 2.22. The van der Waals surface area contributed by atoms with Crippen LogP contribution in [-0.4, -0.2) is 38.7 Å². The van der Waals surface area contributed by atoms with Crippen molar-refractivity contribution in [1.82, 2.24) is 19.7 Å². The average Bonchev–Trinajstić information content (AvgIpc) is 2.92. The molecule has 3 rings (SSSR count). The van der Waals surface area contributed by atoms with Crippen molar-refractivity contribution >= 4 is 30.7 Å². The molecule has 144 valence electrons. The predicted octanol–water partition coefficient (Wildman–Crippen LogP) is 2.68. The molecule has 1 aromatic heterocycles. The van der Waals surface area contributed by atoms with Gasteiger partial charge in [-0.2, -0.15) is 5.10 Å². The number of amides is 1. The number of hydrogen-bond acceptors (Lipinski definition) is 4. The van der Waals surface area contributed by atoms with Crippen molar-refractivity contribution in [3.05, 3.63) is 47.5 Å². The first-order valence-corrected chi connectivity index (χ1v) is 8.52. The summed E-state index contributed by atoms with van der Waals surface area (Å²) in [6, 6.07) is 8.99. The Hall–Kier alpha value is -1.63. The number of aromatic nitrogens is 3. The number of aryl methyl sites for hydroxylation is 2. The van der Waals surface area contributed by atoms with Crippen LogP contribution in [0.2, 0.25) is 0 Å². The van der Waals surface area contributed by atoms with E-state index >= 15 is 0 Å². The standard InChI is InChI=1S/C18H25N5O.2ClH/c1-13-20-14(2)23(21-13)12-15-7-6-10-22(11-15)18(24)17(19)16-8-4-3-5-9-16;;/h3-5,8-9,15,17H,6-7,10-12,19H2,1-2H3;2*1H. The van der Waals surface area contributed by atoms with Gasteiger partial charge in [0, 0.05) is 19.6 Å². The SMILES string of the molecule is Cc1nc(C)n(CC2CCCN(C(=O)C(N)c3ccccc3)C2)n1.Cl.Cl. The van der Waals surface area contributed by atoms with Gasteiger partial charge in [0.2, 0.25) is 5.91 Å². The molecule has 2 atom stereocenters. The molecular weight excluding hydrogens is 373 g/mol. The zero-order valence-corrected chi connectivity index (χ0v) is 16.8. The monoisotopic (exact) mass is 399 g/mol. The molecule has 8 heteroatoms. The molecule has 1 aromatic carbocycles. The molecule has 2 heterocycles. The van der Waals surface area contributed by atoms with Crippen molar-refractivity contribution in [1.29, 1.82) is 0 Å². The molecule has 26 heavy (non-hydrogen) atoms. The van der Waals surface area contributed by atoms with Crippen LogP contribution in [0.15, 0.2) is 30.3 Å². The number of nitrogens with two attached hydrogens (primary N) is 1. The molecule has 0 bridgehead atoms. The molecule has 1 amide bonds. The van der Waals surface area contributed by atoms with Gasteiger partial charge in [-0.3, -0.25) is 4.79 Å². The molecule has 0 spiro atoms. The Bertz CT molecular complexity index is 707. The normalized spacial score (nSPS) is 17.8. The smallest absolute Gasteiger partial charge is 0.244 e. The van der Waals surface area contributed by atoms with E-state index in [4.69, 9.17) is 5.73 Å². The third kappa shape index (κ3) is 5.19. The maximum Gasteiger partial charge on any atom is 0.244 e. The van der Waals surface area contributed by atoms with Gasteiger partial charge in [-0.1, -0.05) is 30.3 Å². The zero-order chi connectivity index (χ0) is 17.1. The van der Waals surface area contributed by atoms with Crippen LogP contribution in [0.5, 0.6) is 0 Å². The van der Waals surface area contributed by atoms with Gasteiger partial charge in [-0.25, -0.2) is 9.67 Å². The Balaban J connectivity index is 0.00000169. The van der Waals surface area contributed by atoms with Crippen LogP contribution < -0.4 is 5.73 Å². The molecule has 1 aliphatic rings. The molecule has 0 radical (unpaired) electrons. The average molecular weight is 400 g/mol. The van der Waals surface area contributed by atoms with E-state index in [2.05, 4.69) is 10.1 Å². The van der Waals surface area contributed by atoms with Gasteiger partial charge in [0.15, 0.2) is 0 Å². The van der Waals surface area contributed by atoms with Crippen molar-refractivity contribution in [2.75, 3.05) is 13.1 Å². The summed E-state index contributed by atoms with van der Waals surface area (Å²) in [6.45, 7) is 6.19. The molecule has 1 fully saturated rings. The molecule has 0 saturated carbocycles. The third-order valence-corrected chi connectivity index (χ3v) is 4.65. The van der Waals surface area contributed by atoms with E-state index in [0.29, 0.717) is 5.92 Å². The topological polar surface area (TPSA) is 77.0 Å². The van der Waals surface area contributed by atoms with Crippen LogP contribution in [-0.2, 0) is 11.3 Å². The molecule has 1 saturated heterocycles. The molecular formula is C18H27Cl2N5O. The number of carbonyl (C=O) groups is 1. The van der Waals surface area contributed by atoms with E-state index < -0.39 is 6.04 Å². The van der Waals surface area contributed by atoms with Crippen molar-refractivity contribution in [2.24, 2.45) is 11.7 Å². The molecule has 2 N–H and O–H groups in total. The maximum absolute atomic E-state index is 12.7. The zero-order valence-electron chi connectivity index (χ0n) is 15.2. The van der Waals surface area contributed by atoms with Gasteiger partial charge in [-0.05, 0) is 38.2 Å². The summed E-state index contributed by atoms with van der Waals surface area (Å²) in [7, 11) is 0. The van der Waals surface area contributed by atoms with Gasteiger partial charge in [0.25, 0.3) is 0 Å². The predicted molar refractivity (Wildman–Crippen MR) is 107 cm³/mol. The van der Waals surface area contributed by atoms with E-state index in [1.54, 1.807) is 0 Å². The van der Waals surface area contributed by atoms with Gasteiger partial charge in [-0.15, -0.1) is 24.8 Å². The second kappa shape index (κ2) is 9.90. The first kappa shape index (κ1) is 22.4. The fourth-order valence-electron chi connectivity index (χ4n) is 3.39. The lowest BCUT2D eigenvalue weighted by atomic mass is 9.96. The number of carbonyl (C=O) groups excluding carboxylic acids is 1. The summed E-state index contributed by atoms with van der Waals surface area (Å²) in [6.07, 6.45) is 2.10. The fourth-order valence-corrected chi connectivity index (χ4v) is 3.39. The van der Waals surface area contributed by atoms with E-state index in [1.165, 1.54) is 0 Å². The van der Waals surface area contributed by atoms with E-state index in [0.717, 1.165) is 49.7 Å². The number of likely N-dealkylation sites (tertiary alicyclic amines) is 1. The number of nitrogens with zero attached hydrogens (tertiary/aromatic N) is 4. The highest BCUT2D eigenvalue weighted by molar-refractivity contribution is 5.85. The minimum atomic E-state index is -0.583. The lowest BCUT2D eigenvalue weighted by Gasteiger charge is -2.34. The third-order valence-electron chi connectivity index (χ3n) is 4.65. The number of piperidine rings is 1. The summed E-state index contributed by atoms with van der Waals surface area (Å²) in [5, 5.41) is 4.43. The quantitative estimate of drug-likeness (QED) is 0.856. The highest BCUT2D eigenvalue weighted by atomic mass is 35.5. The molecule has 2 aromatic rings. The Morgan fingerprint density at radius 2 is 1.96 bits per heavy atom. The minimum Gasteiger partial charge on any atom is -0.341 e. The van der Waals surface area contributed by atoms with E-state index in [1.807, 2.05) is 53.8 Å². The van der Waals surface area contributed by atoms with Gasteiger partial charge < -0.3 is 10.6 Å². The van der Waals surface area contributed by atoms with Gasteiger partial charge in [0.05, 0.1) is 0 Å². The Kier molecular flexibility index (Phi) is 8.53. The van der Waals surface area contributed by atoms with E-state index in [9.17, 15) is 4.79 Å². The van der Waals surface area contributed by atoms with Crippen molar-refractivity contribution in [3.8, 4) is 0 Å². The van der Waals surface area contributed by atoms with Crippen molar-refractivity contribution in [2.45, 2.75) is 39.3 Å². The summed E-state index contributed by atoms with van der Waals surface area (Å²) in [5.74, 6) is 2.13. The number of halogens is 2. The highest BCUT2D eigenvalue weighted by Gasteiger charge is 2.28. The molecule has 0 aliphatic carbocycles. The van der Waals surface area contributed by atoms with Crippen molar-refractivity contribution in [3.63, 3.8) is 0 Å². The number of hydrogen-bond donors (Lipinski definition) is 1. The lowest BCUT2D eigenvalue weighted by molar-refractivity contribution is -0.134. The van der Waals surface area contributed by atoms with Crippen LogP contribution in [0, 0.1) is 19.8 Å². The summed E-state index contributed by atoms with van der Waals surface area (Å²) >= 11 is 0. The van der Waals surface area contributed by atoms with Crippen LogP contribution >= 0.6 is 24.8 Å².